The maximum atomic E-state index is 11.3. The van der Waals surface area contributed by atoms with Gasteiger partial charge in [0.05, 0.1) is 0 Å². The topological polar surface area (TPSA) is 113 Å². The fourth-order valence-electron chi connectivity index (χ4n) is 1.16. The Bertz CT molecular complexity index is 528. The van der Waals surface area contributed by atoms with Crippen LogP contribution in [-0.4, -0.2) is 22.0 Å². The lowest BCUT2D eigenvalue weighted by Crippen LogP contribution is -2.18. The Morgan fingerprint density at radius 2 is 2.06 bits per heavy atom. The Hall–Kier alpha value is -2.37. The van der Waals surface area contributed by atoms with Crippen molar-refractivity contribution >= 4 is 17.4 Å². The number of hydrogen-bond donors (Lipinski definition) is 3. The minimum absolute atomic E-state index is 0.351. The van der Waals surface area contributed by atoms with E-state index >= 15 is 0 Å². The third-order valence-electron chi connectivity index (χ3n) is 1.92. The number of pyridine rings is 1. The number of carbonyl (C=O) groups excluding carboxylic acids is 1. The smallest absolute Gasteiger partial charge is 0.341 e. The molecule has 0 aromatic carbocycles. The first-order valence-electron chi connectivity index (χ1n) is 4.36. The zero-order valence-electron chi connectivity index (χ0n) is 8.48. The summed E-state index contributed by atoms with van der Waals surface area (Å²) in [6.45, 7) is 1.58. The van der Waals surface area contributed by atoms with Gasteiger partial charge in [-0.05, 0) is 24.6 Å². The molecule has 4 N–H and O–H groups in total. The van der Waals surface area contributed by atoms with Crippen LogP contribution in [0.15, 0.2) is 23.0 Å². The van der Waals surface area contributed by atoms with Crippen molar-refractivity contribution in [3.8, 4) is 0 Å². The highest BCUT2D eigenvalue weighted by Crippen LogP contribution is 2.08. The molecule has 0 aliphatic carbocycles. The summed E-state index contributed by atoms with van der Waals surface area (Å²) in [6.07, 6.45) is 1.14. The standard InChI is InChI=1S/C10H10N2O4/c1-5(4-8(11)13)7-3-2-6(10(15)16)9(14)12-7/h2-4H,1H3,(H2,11,13)(H,12,14)(H,15,16)/b5-4+. The van der Waals surface area contributed by atoms with Gasteiger partial charge in [-0.15, -0.1) is 0 Å². The predicted molar refractivity (Wildman–Crippen MR) is 56.9 cm³/mol. The van der Waals surface area contributed by atoms with Crippen LogP contribution in [0.3, 0.4) is 0 Å². The third-order valence-corrected chi connectivity index (χ3v) is 1.92. The molecule has 16 heavy (non-hydrogen) atoms. The number of primary amides is 1. The number of amides is 1. The number of nitrogens with two attached hydrogens (primary N) is 1. The van der Waals surface area contributed by atoms with E-state index in [1.54, 1.807) is 6.92 Å². The highest BCUT2D eigenvalue weighted by Gasteiger charge is 2.09. The van der Waals surface area contributed by atoms with Crippen LogP contribution < -0.4 is 11.3 Å². The molecule has 0 bridgehead atoms. The molecule has 84 valence electrons. The molecule has 6 heteroatoms. The van der Waals surface area contributed by atoms with Crippen LogP contribution in [0.25, 0.3) is 5.57 Å². The lowest BCUT2D eigenvalue weighted by atomic mass is 10.1. The average Bonchev–Trinajstić information content (AvgIpc) is 2.15. The summed E-state index contributed by atoms with van der Waals surface area (Å²) in [5.41, 5.74) is 4.69. The first-order valence-corrected chi connectivity index (χ1v) is 4.36. The van der Waals surface area contributed by atoms with Gasteiger partial charge in [0.25, 0.3) is 5.56 Å². The monoisotopic (exact) mass is 222 g/mol. The molecule has 1 amide bonds. The highest BCUT2D eigenvalue weighted by molar-refractivity contribution is 5.93. The Morgan fingerprint density at radius 1 is 1.44 bits per heavy atom. The van der Waals surface area contributed by atoms with E-state index in [1.807, 2.05) is 0 Å². The lowest BCUT2D eigenvalue weighted by molar-refractivity contribution is -0.113. The number of allylic oxidation sites excluding steroid dienone is 1. The summed E-state index contributed by atoms with van der Waals surface area (Å²) in [5, 5.41) is 8.63. The Kier molecular flexibility index (Phi) is 3.24. The van der Waals surface area contributed by atoms with Crippen LogP contribution in [0.4, 0.5) is 0 Å². The lowest BCUT2D eigenvalue weighted by Gasteiger charge is -2.01. The Morgan fingerprint density at radius 3 is 2.50 bits per heavy atom. The molecule has 0 atom stereocenters. The molecule has 6 nitrogen and oxygen atoms in total. The SMILES string of the molecule is C/C(=C\C(N)=O)c1ccc(C(=O)O)c(=O)[nH]1. The summed E-state index contributed by atoms with van der Waals surface area (Å²) in [6, 6.07) is 2.58. The van der Waals surface area contributed by atoms with Crippen molar-refractivity contribution in [2.75, 3.05) is 0 Å². The second kappa shape index (κ2) is 4.43. The van der Waals surface area contributed by atoms with Gasteiger partial charge in [0, 0.05) is 11.8 Å². The largest absolute Gasteiger partial charge is 0.477 e. The van der Waals surface area contributed by atoms with E-state index < -0.39 is 17.4 Å². The molecule has 1 rings (SSSR count). The summed E-state index contributed by atoms with van der Waals surface area (Å²) in [4.78, 5) is 34.8. The van der Waals surface area contributed by atoms with Crippen LogP contribution >= 0.6 is 0 Å². The molecular weight excluding hydrogens is 212 g/mol. The summed E-state index contributed by atoms with van der Waals surface area (Å²) >= 11 is 0. The number of carboxylic acid groups (broad SMARTS) is 1. The normalized spacial score (nSPS) is 11.2. The summed E-state index contributed by atoms with van der Waals surface area (Å²) in [5.74, 6) is -1.94. The van der Waals surface area contributed by atoms with Gasteiger partial charge in [-0.3, -0.25) is 9.59 Å². The van der Waals surface area contributed by atoms with Gasteiger partial charge in [-0.2, -0.15) is 0 Å². The van der Waals surface area contributed by atoms with Gasteiger partial charge < -0.3 is 15.8 Å². The number of carbonyl (C=O) groups is 2. The van der Waals surface area contributed by atoms with E-state index in [1.165, 1.54) is 12.1 Å². The highest BCUT2D eigenvalue weighted by atomic mass is 16.4. The van der Waals surface area contributed by atoms with Crippen molar-refractivity contribution in [2.45, 2.75) is 6.92 Å². The van der Waals surface area contributed by atoms with E-state index in [-0.39, 0.29) is 5.56 Å². The molecule has 0 aliphatic heterocycles. The molecule has 0 radical (unpaired) electrons. The van der Waals surface area contributed by atoms with E-state index in [0.717, 1.165) is 6.08 Å². The van der Waals surface area contributed by atoms with Crippen molar-refractivity contribution in [3.63, 3.8) is 0 Å². The van der Waals surface area contributed by atoms with Crippen LogP contribution in [0.5, 0.6) is 0 Å². The summed E-state index contributed by atoms with van der Waals surface area (Å²) in [7, 11) is 0. The van der Waals surface area contributed by atoms with Gasteiger partial charge in [0.15, 0.2) is 0 Å². The zero-order valence-corrected chi connectivity index (χ0v) is 8.48. The van der Waals surface area contributed by atoms with Crippen molar-refractivity contribution in [1.29, 1.82) is 0 Å². The van der Waals surface area contributed by atoms with E-state index in [0.29, 0.717) is 11.3 Å². The molecule has 0 fully saturated rings. The van der Waals surface area contributed by atoms with Crippen molar-refractivity contribution < 1.29 is 14.7 Å². The maximum absolute atomic E-state index is 11.3. The molecule has 1 aromatic heterocycles. The van der Waals surface area contributed by atoms with Crippen LogP contribution in [-0.2, 0) is 4.79 Å². The predicted octanol–water partition coefficient (Wildman–Crippen LogP) is -0.0383. The van der Waals surface area contributed by atoms with E-state index in [4.69, 9.17) is 10.8 Å². The van der Waals surface area contributed by atoms with Gasteiger partial charge in [0.1, 0.15) is 5.56 Å². The maximum Gasteiger partial charge on any atom is 0.341 e. The third kappa shape index (κ3) is 2.57. The van der Waals surface area contributed by atoms with Gasteiger partial charge in [-0.25, -0.2) is 4.79 Å². The fourth-order valence-corrected chi connectivity index (χ4v) is 1.16. The number of hydrogen-bond acceptors (Lipinski definition) is 3. The minimum Gasteiger partial charge on any atom is -0.477 e. The second-order valence-corrected chi connectivity index (χ2v) is 3.15. The first kappa shape index (κ1) is 11.7. The summed E-state index contributed by atoms with van der Waals surface area (Å²) < 4.78 is 0. The fraction of sp³-hybridized carbons (Fsp3) is 0.100. The molecular formula is C10H10N2O4. The Balaban J connectivity index is 3.21. The number of aromatic amines is 1. The van der Waals surface area contributed by atoms with E-state index in [2.05, 4.69) is 4.98 Å². The second-order valence-electron chi connectivity index (χ2n) is 3.15. The number of rotatable bonds is 3. The first-order chi connectivity index (χ1) is 7.41. The average molecular weight is 222 g/mol. The molecule has 0 spiro atoms. The Labute approximate surface area is 90.4 Å². The van der Waals surface area contributed by atoms with Gasteiger partial charge in [-0.1, -0.05) is 0 Å². The van der Waals surface area contributed by atoms with Crippen LogP contribution in [0.2, 0.25) is 0 Å². The number of aromatic nitrogens is 1. The van der Waals surface area contributed by atoms with Gasteiger partial charge >= 0.3 is 5.97 Å². The molecule has 1 aromatic rings. The molecule has 1 heterocycles. The minimum atomic E-state index is -1.30. The quantitative estimate of drug-likeness (QED) is 0.622. The van der Waals surface area contributed by atoms with Crippen molar-refractivity contribution in [3.05, 3.63) is 39.8 Å². The van der Waals surface area contributed by atoms with E-state index in [9.17, 15) is 14.4 Å². The number of nitrogens with one attached hydrogen (secondary N) is 1. The van der Waals surface area contributed by atoms with Gasteiger partial charge in [0.2, 0.25) is 5.91 Å². The number of H-pyrrole nitrogens is 1. The molecule has 0 saturated heterocycles. The number of carboxylic acids is 1. The molecule has 0 saturated carbocycles. The van der Waals surface area contributed by atoms with Crippen molar-refractivity contribution in [1.82, 2.24) is 4.98 Å². The zero-order chi connectivity index (χ0) is 12.3. The number of aromatic carboxylic acids is 1. The molecule has 0 aliphatic rings. The van der Waals surface area contributed by atoms with Crippen LogP contribution in [0.1, 0.15) is 23.0 Å². The molecule has 0 unspecified atom stereocenters. The van der Waals surface area contributed by atoms with Crippen LogP contribution in [0, 0.1) is 0 Å². The van der Waals surface area contributed by atoms with Crippen molar-refractivity contribution in [2.24, 2.45) is 5.73 Å².